The third-order valence-corrected chi connectivity index (χ3v) is 2.61. The molecule has 0 aliphatic heterocycles. The Labute approximate surface area is 102 Å². The van der Waals surface area contributed by atoms with E-state index in [9.17, 15) is 4.79 Å². The van der Waals surface area contributed by atoms with Crippen LogP contribution in [0.1, 0.15) is 20.3 Å². The van der Waals surface area contributed by atoms with Crippen molar-refractivity contribution in [3.63, 3.8) is 0 Å². The molecule has 0 aliphatic carbocycles. The first-order valence-corrected chi connectivity index (χ1v) is 5.91. The van der Waals surface area contributed by atoms with E-state index >= 15 is 0 Å². The van der Waals surface area contributed by atoms with Gasteiger partial charge in [0.1, 0.15) is 5.82 Å². The van der Waals surface area contributed by atoms with E-state index in [1.807, 2.05) is 30.9 Å². The smallest absolute Gasteiger partial charge is 0.224 e. The molecule has 5 nitrogen and oxygen atoms in total. The van der Waals surface area contributed by atoms with Gasteiger partial charge in [0.2, 0.25) is 5.91 Å². The highest BCUT2D eigenvalue weighted by molar-refractivity contribution is 5.76. The number of nitrogens with two attached hydrogens (primary N) is 1. The molecule has 1 heterocycles. The summed E-state index contributed by atoms with van der Waals surface area (Å²) in [5, 5.41) is 3.11. The Morgan fingerprint density at radius 1 is 1.47 bits per heavy atom. The van der Waals surface area contributed by atoms with Gasteiger partial charge in [0.25, 0.3) is 0 Å². The van der Waals surface area contributed by atoms with Gasteiger partial charge in [0.05, 0.1) is 5.69 Å². The quantitative estimate of drug-likeness (QED) is 0.781. The number of hydrogen-bond acceptors (Lipinski definition) is 4. The second-order valence-corrected chi connectivity index (χ2v) is 3.68. The molecule has 0 aromatic carbocycles. The van der Waals surface area contributed by atoms with E-state index in [4.69, 9.17) is 5.73 Å². The second kappa shape index (κ2) is 6.73. The van der Waals surface area contributed by atoms with Crippen molar-refractivity contribution in [2.45, 2.75) is 20.3 Å². The molecule has 17 heavy (non-hydrogen) atoms. The van der Waals surface area contributed by atoms with Crippen molar-refractivity contribution < 1.29 is 4.79 Å². The van der Waals surface area contributed by atoms with Crippen LogP contribution in [0, 0.1) is 0 Å². The lowest BCUT2D eigenvalue weighted by atomic mass is 10.3. The van der Waals surface area contributed by atoms with Crippen molar-refractivity contribution in [3.8, 4) is 0 Å². The Kier molecular flexibility index (Phi) is 5.26. The number of anilines is 2. The van der Waals surface area contributed by atoms with Crippen molar-refractivity contribution in [2.75, 3.05) is 30.7 Å². The Hall–Kier alpha value is -1.78. The summed E-state index contributed by atoms with van der Waals surface area (Å²) in [6.45, 7) is 6.04. The van der Waals surface area contributed by atoms with Crippen LogP contribution in [0.3, 0.4) is 0 Å². The fourth-order valence-electron chi connectivity index (χ4n) is 1.61. The van der Waals surface area contributed by atoms with Crippen molar-refractivity contribution >= 4 is 17.4 Å². The number of pyridine rings is 1. The van der Waals surface area contributed by atoms with Crippen LogP contribution >= 0.6 is 0 Å². The van der Waals surface area contributed by atoms with E-state index in [0.717, 1.165) is 18.8 Å². The summed E-state index contributed by atoms with van der Waals surface area (Å²) >= 11 is 0. The lowest BCUT2D eigenvalue weighted by Gasteiger charge is -2.18. The molecule has 0 saturated heterocycles. The minimum absolute atomic E-state index is 0.157. The zero-order valence-corrected chi connectivity index (χ0v) is 10.4. The van der Waals surface area contributed by atoms with E-state index in [0.29, 0.717) is 18.8 Å². The Bertz CT molecular complexity index is 363. The fourth-order valence-corrected chi connectivity index (χ4v) is 1.61. The average Bonchev–Trinajstić information content (AvgIpc) is 2.33. The molecule has 1 amide bonds. The molecule has 0 spiro atoms. The van der Waals surface area contributed by atoms with Gasteiger partial charge in [-0.15, -0.1) is 0 Å². The molecule has 0 atom stereocenters. The van der Waals surface area contributed by atoms with Gasteiger partial charge in [-0.2, -0.15) is 0 Å². The summed E-state index contributed by atoms with van der Waals surface area (Å²) < 4.78 is 0. The number of carbonyl (C=O) groups is 1. The highest BCUT2D eigenvalue weighted by Gasteiger charge is 2.08. The maximum Gasteiger partial charge on any atom is 0.224 e. The molecular formula is C12H20N4O. The molecule has 1 rings (SSSR count). The number of nitrogens with one attached hydrogen (secondary N) is 1. The van der Waals surface area contributed by atoms with Gasteiger partial charge in [-0.25, -0.2) is 4.98 Å². The monoisotopic (exact) mass is 236 g/mol. The van der Waals surface area contributed by atoms with Crippen LogP contribution < -0.4 is 11.1 Å². The van der Waals surface area contributed by atoms with Crippen LogP contribution in [0.4, 0.5) is 11.5 Å². The predicted octanol–water partition coefficient (Wildman–Crippen LogP) is 1.33. The van der Waals surface area contributed by atoms with E-state index in [1.54, 1.807) is 6.20 Å². The number of hydrogen-bond donors (Lipinski definition) is 2. The van der Waals surface area contributed by atoms with Crippen LogP contribution in [-0.4, -0.2) is 35.4 Å². The number of nitrogen functional groups attached to an aromatic ring is 1. The lowest BCUT2D eigenvalue weighted by Crippen LogP contribution is -2.31. The van der Waals surface area contributed by atoms with Crippen LogP contribution in [0.25, 0.3) is 0 Å². The fraction of sp³-hybridized carbons (Fsp3) is 0.500. The summed E-state index contributed by atoms with van der Waals surface area (Å²) in [5.41, 5.74) is 6.46. The van der Waals surface area contributed by atoms with Crippen LogP contribution in [0.2, 0.25) is 0 Å². The van der Waals surface area contributed by atoms with E-state index in [1.165, 1.54) is 0 Å². The zero-order valence-electron chi connectivity index (χ0n) is 10.4. The molecule has 1 aromatic rings. The summed E-state index contributed by atoms with van der Waals surface area (Å²) in [6, 6.07) is 3.66. The van der Waals surface area contributed by atoms with Gasteiger partial charge in [-0.3, -0.25) is 4.79 Å². The van der Waals surface area contributed by atoms with Gasteiger partial charge < -0.3 is 16.0 Å². The largest absolute Gasteiger partial charge is 0.382 e. The third-order valence-electron chi connectivity index (χ3n) is 2.61. The molecule has 3 N–H and O–H groups in total. The van der Waals surface area contributed by atoms with Gasteiger partial charge >= 0.3 is 0 Å². The first-order valence-electron chi connectivity index (χ1n) is 5.91. The summed E-state index contributed by atoms with van der Waals surface area (Å²) in [7, 11) is 0. The number of amides is 1. The molecule has 1 aromatic heterocycles. The van der Waals surface area contributed by atoms with Crippen LogP contribution in [0.5, 0.6) is 0 Å². The molecule has 0 aliphatic rings. The maximum atomic E-state index is 11.7. The minimum Gasteiger partial charge on any atom is -0.382 e. The normalized spacial score (nSPS) is 10.0. The first kappa shape index (κ1) is 13.3. The molecule has 94 valence electrons. The molecule has 0 radical (unpaired) electrons. The van der Waals surface area contributed by atoms with Gasteiger partial charge in [-0.1, -0.05) is 0 Å². The Balaban J connectivity index is 2.38. The Morgan fingerprint density at radius 2 is 2.18 bits per heavy atom. The van der Waals surface area contributed by atoms with Crippen LogP contribution in [0.15, 0.2) is 18.3 Å². The first-order chi connectivity index (χ1) is 8.19. The van der Waals surface area contributed by atoms with Crippen molar-refractivity contribution in [1.82, 2.24) is 9.88 Å². The predicted molar refractivity (Wildman–Crippen MR) is 69.7 cm³/mol. The van der Waals surface area contributed by atoms with E-state index in [2.05, 4.69) is 10.3 Å². The number of carbonyl (C=O) groups excluding carboxylic acids is 1. The average molecular weight is 236 g/mol. The van der Waals surface area contributed by atoms with Gasteiger partial charge in [-0.05, 0) is 26.0 Å². The van der Waals surface area contributed by atoms with E-state index in [-0.39, 0.29) is 5.91 Å². The number of rotatable bonds is 6. The molecular weight excluding hydrogens is 216 g/mol. The summed E-state index contributed by atoms with van der Waals surface area (Å²) in [6.07, 6.45) is 2.11. The third kappa shape index (κ3) is 3.94. The molecule has 0 unspecified atom stereocenters. The summed E-state index contributed by atoms with van der Waals surface area (Å²) in [4.78, 5) is 17.5. The highest BCUT2D eigenvalue weighted by Crippen LogP contribution is 2.13. The number of aromatic nitrogens is 1. The topological polar surface area (TPSA) is 71.2 Å². The molecule has 0 bridgehead atoms. The van der Waals surface area contributed by atoms with Crippen molar-refractivity contribution in [1.29, 1.82) is 0 Å². The Morgan fingerprint density at radius 3 is 2.76 bits per heavy atom. The van der Waals surface area contributed by atoms with Crippen molar-refractivity contribution in [2.24, 2.45) is 0 Å². The summed E-state index contributed by atoms with van der Waals surface area (Å²) in [5.74, 6) is 0.618. The van der Waals surface area contributed by atoms with Crippen LogP contribution in [-0.2, 0) is 4.79 Å². The highest BCUT2D eigenvalue weighted by atomic mass is 16.2. The zero-order chi connectivity index (χ0) is 12.7. The minimum atomic E-state index is 0.157. The SMILES string of the molecule is CCN(CC)C(=O)CCNc1cccnc1N. The van der Waals surface area contributed by atoms with Crippen molar-refractivity contribution in [3.05, 3.63) is 18.3 Å². The van der Waals surface area contributed by atoms with E-state index < -0.39 is 0 Å². The lowest BCUT2D eigenvalue weighted by molar-refractivity contribution is -0.130. The standard InChI is InChI=1S/C12H20N4O/c1-3-16(4-2)11(17)7-9-14-10-6-5-8-15-12(10)13/h5-6,8,14H,3-4,7,9H2,1-2H3,(H2,13,15). The van der Waals surface area contributed by atoms with Gasteiger partial charge in [0.15, 0.2) is 0 Å². The second-order valence-electron chi connectivity index (χ2n) is 3.68. The number of nitrogens with zero attached hydrogens (tertiary/aromatic N) is 2. The molecule has 0 saturated carbocycles. The molecule has 0 fully saturated rings. The maximum absolute atomic E-state index is 11.7. The molecule has 5 heteroatoms. The van der Waals surface area contributed by atoms with Gasteiger partial charge in [0, 0.05) is 32.3 Å².